The van der Waals surface area contributed by atoms with Gasteiger partial charge in [-0.15, -0.1) is 0 Å². The summed E-state index contributed by atoms with van der Waals surface area (Å²) in [5.74, 6) is 0. The Labute approximate surface area is 95.6 Å². The van der Waals surface area contributed by atoms with Crippen LogP contribution in [-0.2, 0) is 0 Å². The average Bonchev–Trinajstić information content (AvgIpc) is 2.51. The molecule has 2 rings (SSSR count). The maximum absolute atomic E-state index is 5.85. The quantitative estimate of drug-likeness (QED) is 0.775. The monoisotopic (exact) mass is 270 g/mol. The molecule has 14 heavy (non-hydrogen) atoms. The molecule has 1 heterocycles. The van der Waals surface area contributed by atoms with Gasteiger partial charge in [0.2, 0.25) is 0 Å². The number of hydrogen-bond acceptors (Lipinski definition) is 1. The molecule has 72 valence electrons. The summed E-state index contributed by atoms with van der Waals surface area (Å²) in [6.45, 7) is 2.01. The first kappa shape index (κ1) is 9.74. The van der Waals surface area contributed by atoms with E-state index in [9.17, 15) is 0 Å². The van der Waals surface area contributed by atoms with Crippen LogP contribution in [-0.4, -0.2) is 9.78 Å². The van der Waals surface area contributed by atoms with E-state index in [2.05, 4.69) is 21.0 Å². The van der Waals surface area contributed by atoms with Gasteiger partial charge in [-0.1, -0.05) is 11.6 Å². The second-order valence-corrected chi connectivity index (χ2v) is 4.35. The van der Waals surface area contributed by atoms with Crippen LogP contribution in [0.1, 0.15) is 5.56 Å². The molecule has 0 radical (unpaired) electrons. The third kappa shape index (κ3) is 1.83. The van der Waals surface area contributed by atoms with Crippen LogP contribution in [0.3, 0.4) is 0 Å². The summed E-state index contributed by atoms with van der Waals surface area (Å²) < 4.78 is 2.75. The van der Waals surface area contributed by atoms with E-state index >= 15 is 0 Å². The Morgan fingerprint density at radius 1 is 1.43 bits per heavy atom. The lowest BCUT2D eigenvalue weighted by Crippen LogP contribution is -1.94. The molecular formula is C10H8BrClN2. The molecule has 2 aromatic rings. The highest BCUT2D eigenvalue weighted by molar-refractivity contribution is 9.10. The van der Waals surface area contributed by atoms with E-state index in [4.69, 9.17) is 11.6 Å². The zero-order valence-electron chi connectivity index (χ0n) is 7.54. The fourth-order valence-corrected chi connectivity index (χ4v) is 2.08. The molecule has 0 aliphatic heterocycles. The molecule has 0 N–H and O–H groups in total. The van der Waals surface area contributed by atoms with Crippen molar-refractivity contribution in [3.63, 3.8) is 0 Å². The lowest BCUT2D eigenvalue weighted by molar-refractivity contribution is 0.876. The predicted octanol–water partition coefficient (Wildman–Crippen LogP) is 3.60. The Kier molecular flexibility index (Phi) is 2.61. The first-order valence-electron chi connectivity index (χ1n) is 4.13. The van der Waals surface area contributed by atoms with Gasteiger partial charge in [0.05, 0.1) is 11.9 Å². The normalized spacial score (nSPS) is 10.5. The fourth-order valence-electron chi connectivity index (χ4n) is 1.21. The first-order valence-corrected chi connectivity index (χ1v) is 5.30. The van der Waals surface area contributed by atoms with Crippen LogP contribution in [0.4, 0.5) is 0 Å². The molecule has 0 aliphatic rings. The van der Waals surface area contributed by atoms with E-state index in [1.807, 2.05) is 42.2 Å². The van der Waals surface area contributed by atoms with Gasteiger partial charge in [0.1, 0.15) is 0 Å². The number of aryl methyl sites for hydroxylation is 1. The van der Waals surface area contributed by atoms with Crippen molar-refractivity contribution in [1.29, 1.82) is 0 Å². The number of rotatable bonds is 1. The highest BCUT2D eigenvalue weighted by atomic mass is 79.9. The summed E-state index contributed by atoms with van der Waals surface area (Å²) in [4.78, 5) is 0. The molecule has 2 nitrogen and oxygen atoms in total. The van der Waals surface area contributed by atoms with Crippen LogP contribution >= 0.6 is 27.5 Å². The lowest BCUT2D eigenvalue weighted by atomic mass is 10.3. The minimum Gasteiger partial charge on any atom is -0.240 e. The number of benzene rings is 1. The Hall–Kier alpha value is -0.800. The summed E-state index contributed by atoms with van der Waals surface area (Å²) in [5.41, 5.74) is 2.12. The van der Waals surface area contributed by atoms with E-state index in [-0.39, 0.29) is 0 Å². The van der Waals surface area contributed by atoms with Crippen LogP contribution in [0.5, 0.6) is 0 Å². The minimum absolute atomic E-state index is 0.713. The number of aromatic nitrogens is 2. The van der Waals surface area contributed by atoms with Crippen molar-refractivity contribution >= 4 is 27.5 Å². The Bertz CT molecular complexity index is 465. The number of nitrogens with zero attached hydrogens (tertiary/aromatic N) is 2. The predicted molar refractivity (Wildman–Crippen MR) is 61.0 cm³/mol. The summed E-state index contributed by atoms with van der Waals surface area (Å²) in [5, 5.41) is 4.93. The van der Waals surface area contributed by atoms with E-state index in [1.54, 1.807) is 0 Å². The van der Waals surface area contributed by atoms with Gasteiger partial charge in [-0.3, -0.25) is 0 Å². The summed E-state index contributed by atoms with van der Waals surface area (Å²) >= 11 is 9.30. The Morgan fingerprint density at radius 3 is 2.79 bits per heavy atom. The SMILES string of the molecule is Cc1cnn(-c2ccc(Cl)cc2Br)c1. The van der Waals surface area contributed by atoms with E-state index in [1.165, 1.54) is 0 Å². The van der Waals surface area contributed by atoms with Gasteiger partial charge >= 0.3 is 0 Å². The third-order valence-corrected chi connectivity index (χ3v) is 2.74. The standard InChI is InChI=1S/C10H8BrClN2/c1-7-5-13-14(6-7)10-3-2-8(12)4-9(10)11/h2-6H,1H3. The smallest absolute Gasteiger partial charge is 0.0788 e. The minimum atomic E-state index is 0.713. The van der Waals surface area contributed by atoms with Crippen LogP contribution in [0.2, 0.25) is 5.02 Å². The van der Waals surface area contributed by atoms with Crippen molar-refractivity contribution in [3.8, 4) is 5.69 Å². The largest absolute Gasteiger partial charge is 0.240 e. The maximum Gasteiger partial charge on any atom is 0.0788 e. The van der Waals surface area contributed by atoms with E-state index in [0.717, 1.165) is 15.7 Å². The van der Waals surface area contributed by atoms with Gasteiger partial charge in [-0.05, 0) is 46.6 Å². The maximum atomic E-state index is 5.85. The molecule has 0 bridgehead atoms. The van der Waals surface area contributed by atoms with Gasteiger partial charge < -0.3 is 0 Å². The highest BCUT2D eigenvalue weighted by Gasteiger charge is 2.03. The fraction of sp³-hybridized carbons (Fsp3) is 0.100. The van der Waals surface area contributed by atoms with Crippen molar-refractivity contribution in [2.75, 3.05) is 0 Å². The molecule has 0 saturated heterocycles. The van der Waals surface area contributed by atoms with Gasteiger partial charge in [0, 0.05) is 15.7 Å². The molecule has 0 aliphatic carbocycles. The molecule has 0 amide bonds. The van der Waals surface area contributed by atoms with Crippen LogP contribution < -0.4 is 0 Å². The molecule has 0 fully saturated rings. The number of hydrogen-bond donors (Lipinski definition) is 0. The zero-order chi connectivity index (χ0) is 10.1. The van der Waals surface area contributed by atoms with Crippen LogP contribution in [0, 0.1) is 6.92 Å². The second kappa shape index (κ2) is 3.75. The summed E-state index contributed by atoms with van der Waals surface area (Å²) in [6.07, 6.45) is 3.79. The van der Waals surface area contributed by atoms with Crippen molar-refractivity contribution in [3.05, 3.63) is 45.7 Å². The third-order valence-electron chi connectivity index (χ3n) is 1.87. The molecule has 0 saturated carbocycles. The van der Waals surface area contributed by atoms with Crippen molar-refractivity contribution < 1.29 is 0 Å². The zero-order valence-corrected chi connectivity index (χ0v) is 9.88. The van der Waals surface area contributed by atoms with Crippen molar-refractivity contribution in [2.45, 2.75) is 6.92 Å². The van der Waals surface area contributed by atoms with Gasteiger partial charge in [-0.25, -0.2) is 4.68 Å². The molecular weight excluding hydrogens is 263 g/mol. The second-order valence-electron chi connectivity index (χ2n) is 3.06. The molecule has 0 unspecified atom stereocenters. The van der Waals surface area contributed by atoms with Gasteiger partial charge in [0.25, 0.3) is 0 Å². The summed E-state index contributed by atoms with van der Waals surface area (Å²) in [6, 6.07) is 5.63. The van der Waals surface area contributed by atoms with Crippen molar-refractivity contribution in [1.82, 2.24) is 9.78 Å². The van der Waals surface area contributed by atoms with E-state index in [0.29, 0.717) is 5.02 Å². The van der Waals surface area contributed by atoms with E-state index < -0.39 is 0 Å². The molecule has 1 aromatic heterocycles. The average molecular weight is 272 g/mol. The topological polar surface area (TPSA) is 17.8 Å². The van der Waals surface area contributed by atoms with Crippen LogP contribution in [0.15, 0.2) is 35.1 Å². The Balaban J connectivity index is 2.52. The van der Waals surface area contributed by atoms with Crippen LogP contribution in [0.25, 0.3) is 5.69 Å². The van der Waals surface area contributed by atoms with Gasteiger partial charge in [0.15, 0.2) is 0 Å². The molecule has 0 atom stereocenters. The summed E-state index contributed by atoms with van der Waals surface area (Å²) in [7, 11) is 0. The highest BCUT2D eigenvalue weighted by Crippen LogP contribution is 2.24. The molecule has 0 spiro atoms. The molecule has 1 aromatic carbocycles. The lowest BCUT2D eigenvalue weighted by Gasteiger charge is -2.04. The van der Waals surface area contributed by atoms with Gasteiger partial charge in [-0.2, -0.15) is 5.10 Å². The number of halogens is 2. The Morgan fingerprint density at radius 2 is 2.21 bits per heavy atom. The first-order chi connectivity index (χ1) is 6.66. The van der Waals surface area contributed by atoms with Crippen molar-refractivity contribution in [2.24, 2.45) is 0 Å². The molecule has 4 heteroatoms.